The van der Waals surface area contributed by atoms with Gasteiger partial charge in [0.05, 0.1) is 11.9 Å². The summed E-state index contributed by atoms with van der Waals surface area (Å²) < 4.78 is 7.71. The van der Waals surface area contributed by atoms with Crippen molar-refractivity contribution in [3.05, 3.63) is 35.4 Å². The summed E-state index contributed by atoms with van der Waals surface area (Å²) in [5.74, 6) is 1.51. The van der Waals surface area contributed by atoms with Gasteiger partial charge in [-0.05, 0) is 38.8 Å². The van der Waals surface area contributed by atoms with Crippen LogP contribution in [-0.2, 0) is 13.5 Å². The molecular formula is C14H20N4O. The molecule has 0 amide bonds. The van der Waals surface area contributed by atoms with E-state index in [1.165, 1.54) is 0 Å². The summed E-state index contributed by atoms with van der Waals surface area (Å²) in [5.41, 5.74) is 8.74. The molecule has 102 valence electrons. The normalized spacial score (nSPS) is 12.5. The van der Waals surface area contributed by atoms with Crippen LogP contribution in [0.1, 0.15) is 23.9 Å². The van der Waals surface area contributed by atoms with E-state index in [1.54, 1.807) is 6.20 Å². The molecule has 0 aromatic carbocycles. The molecule has 2 N–H and O–H groups in total. The van der Waals surface area contributed by atoms with Gasteiger partial charge in [0.1, 0.15) is 11.4 Å². The van der Waals surface area contributed by atoms with Gasteiger partial charge >= 0.3 is 0 Å². The second-order valence-electron chi connectivity index (χ2n) is 4.94. The monoisotopic (exact) mass is 260 g/mol. The zero-order valence-electron chi connectivity index (χ0n) is 11.8. The maximum Gasteiger partial charge on any atom is 0.171 e. The van der Waals surface area contributed by atoms with Crippen molar-refractivity contribution in [1.82, 2.24) is 14.8 Å². The molecule has 5 heteroatoms. The first-order valence-corrected chi connectivity index (χ1v) is 6.35. The summed E-state index contributed by atoms with van der Waals surface area (Å²) in [4.78, 5) is 4.19. The van der Waals surface area contributed by atoms with E-state index in [1.807, 2.05) is 44.8 Å². The molecule has 1 unspecified atom stereocenters. The summed E-state index contributed by atoms with van der Waals surface area (Å²) in [5, 5.41) is 4.33. The van der Waals surface area contributed by atoms with Crippen LogP contribution in [-0.4, -0.2) is 20.8 Å². The second-order valence-corrected chi connectivity index (χ2v) is 4.94. The van der Waals surface area contributed by atoms with Gasteiger partial charge in [-0.3, -0.25) is 9.67 Å². The van der Waals surface area contributed by atoms with Crippen molar-refractivity contribution in [1.29, 1.82) is 0 Å². The molecule has 5 nitrogen and oxygen atoms in total. The highest BCUT2D eigenvalue weighted by Crippen LogP contribution is 2.27. The fourth-order valence-electron chi connectivity index (χ4n) is 2.02. The lowest BCUT2D eigenvalue weighted by atomic mass is 10.1. The molecule has 0 saturated heterocycles. The van der Waals surface area contributed by atoms with Gasteiger partial charge in [-0.2, -0.15) is 5.10 Å². The Morgan fingerprint density at radius 3 is 2.68 bits per heavy atom. The van der Waals surface area contributed by atoms with Crippen molar-refractivity contribution < 1.29 is 4.74 Å². The van der Waals surface area contributed by atoms with Gasteiger partial charge in [-0.1, -0.05) is 0 Å². The molecule has 1 atom stereocenters. The van der Waals surface area contributed by atoms with E-state index < -0.39 is 0 Å². The molecule has 2 aromatic heterocycles. The van der Waals surface area contributed by atoms with Crippen molar-refractivity contribution in [2.24, 2.45) is 12.8 Å². The standard InChI is InChI=1S/C14H20N4O/c1-9(15)5-12-6-13(8-16-7-12)19-14-10(2)17-18(4)11(14)3/h6-9H,5,15H2,1-4H3. The molecule has 0 fully saturated rings. The van der Waals surface area contributed by atoms with Gasteiger partial charge in [-0.15, -0.1) is 0 Å². The third-order valence-electron chi connectivity index (χ3n) is 2.99. The zero-order chi connectivity index (χ0) is 14.0. The minimum atomic E-state index is 0.110. The Hall–Kier alpha value is -1.88. The largest absolute Gasteiger partial charge is 0.452 e. The van der Waals surface area contributed by atoms with Crippen LogP contribution in [0.5, 0.6) is 11.5 Å². The van der Waals surface area contributed by atoms with Crippen molar-refractivity contribution in [2.75, 3.05) is 0 Å². The molecular weight excluding hydrogens is 240 g/mol. The Balaban J connectivity index is 2.23. The molecule has 0 saturated carbocycles. The predicted octanol–water partition coefficient (Wildman–Crippen LogP) is 2.11. The van der Waals surface area contributed by atoms with Gasteiger partial charge in [0, 0.05) is 19.3 Å². The van der Waals surface area contributed by atoms with E-state index in [4.69, 9.17) is 10.5 Å². The molecule has 19 heavy (non-hydrogen) atoms. The fraction of sp³-hybridized carbons (Fsp3) is 0.429. The molecule has 0 aliphatic carbocycles. The van der Waals surface area contributed by atoms with E-state index in [0.29, 0.717) is 0 Å². The fourth-order valence-corrected chi connectivity index (χ4v) is 2.02. The van der Waals surface area contributed by atoms with Crippen LogP contribution in [0, 0.1) is 13.8 Å². The van der Waals surface area contributed by atoms with Gasteiger partial charge in [-0.25, -0.2) is 0 Å². The van der Waals surface area contributed by atoms with Crippen LogP contribution in [0.4, 0.5) is 0 Å². The van der Waals surface area contributed by atoms with Gasteiger partial charge in [0.15, 0.2) is 5.75 Å². The van der Waals surface area contributed by atoms with Crippen LogP contribution in [0.2, 0.25) is 0 Å². The summed E-state index contributed by atoms with van der Waals surface area (Å²) in [6, 6.07) is 2.08. The van der Waals surface area contributed by atoms with Gasteiger partial charge in [0.25, 0.3) is 0 Å². The minimum absolute atomic E-state index is 0.110. The lowest BCUT2D eigenvalue weighted by molar-refractivity contribution is 0.470. The minimum Gasteiger partial charge on any atom is -0.452 e. The van der Waals surface area contributed by atoms with Crippen LogP contribution < -0.4 is 10.5 Å². The number of aryl methyl sites for hydroxylation is 2. The maximum atomic E-state index is 5.90. The number of pyridine rings is 1. The van der Waals surface area contributed by atoms with Crippen LogP contribution in [0.15, 0.2) is 18.5 Å². The number of hydrogen-bond donors (Lipinski definition) is 1. The highest BCUT2D eigenvalue weighted by molar-refractivity contribution is 5.37. The Morgan fingerprint density at radius 2 is 2.11 bits per heavy atom. The van der Waals surface area contributed by atoms with Crippen LogP contribution >= 0.6 is 0 Å². The SMILES string of the molecule is Cc1nn(C)c(C)c1Oc1cncc(CC(C)N)c1. The number of aromatic nitrogens is 3. The van der Waals surface area contributed by atoms with E-state index in [-0.39, 0.29) is 6.04 Å². The molecule has 0 bridgehead atoms. The predicted molar refractivity (Wildman–Crippen MR) is 74.3 cm³/mol. The Labute approximate surface area is 113 Å². The van der Waals surface area contributed by atoms with E-state index >= 15 is 0 Å². The average Bonchev–Trinajstić information content (AvgIpc) is 2.56. The topological polar surface area (TPSA) is 66.0 Å². The number of nitrogens with two attached hydrogens (primary N) is 1. The first-order valence-electron chi connectivity index (χ1n) is 6.35. The lowest BCUT2D eigenvalue weighted by Crippen LogP contribution is -2.17. The highest BCUT2D eigenvalue weighted by Gasteiger charge is 2.12. The number of ether oxygens (including phenoxy) is 1. The smallest absolute Gasteiger partial charge is 0.171 e. The summed E-state index contributed by atoms with van der Waals surface area (Å²) >= 11 is 0. The summed E-state index contributed by atoms with van der Waals surface area (Å²) in [6.07, 6.45) is 4.31. The lowest BCUT2D eigenvalue weighted by Gasteiger charge is -2.09. The quantitative estimate of drug-likeness (QED) is 0.914. The number of hydrogen-bond acceptors (Lipinski definition) is 4. The van der Waals surface area contributed by atoms with Crippen molar-refractivity contribution in [2.45, 2.75) is 33.2 Å². The third-order valence-corrected chi connectivity index (χ3v) is 2.99. The van der Waals surface area contributed by atoms with Gasteiger partial charge < -0.3 is 10.5 Å². The molecule has 2 aromatic rings. The molecule has 0 aliphatic heterocycles. The molecule has 0 spiro atoms. The van der Waals surface area contributed by atoms with Crippen molar-refractivity contribution >= 4 is 0 Å². The average molecular weight is 260 g/mol. The Morgan fingerprint density at radius 1 is 1.37 bits per heavy atom. The molecule has 2 heterocycles. The zero-order valence-corrected chi connectivity index (χ0v) is 11.8. The Bertz CT molecular complexity index is 575. The van der Waals surface area contributed by atoms with Gasteiger partial charge in [0.2, 0.25) is 0 Å². The summed E-state index contributed by atoms with van der Waals surface area (Å²) in [7, 11) is 1.90. The highest BCUT2D eigenvalue weighted by atomic mass is 16.5. The first-order chi connectivity index (χ1) is 8.97. The third kappa shape index (κ3) is 3.12. The van der Waals surface area contributed by atoms with E-state index in [9.17, 15) is 0 Å². The van der Waals surface area contributed by atoms with Crippen molar-refractivity contribution in [3.63, 3.8) is 0 Å². The van der Waals surface area contributed by atoms with E-state index in [0.717, 1.165) is 34.9 Å². The number of rotatable bonds is 4. The Kier molecular flexibility index (Phi) is 3.85. The molecule has 2 rings (SSSR count). The van der Waals surface area contributed by atoms with Crippen LogP contribution in [0.3, 0.4) is 0 Å². The molecule has 0 radical (unpaired) electrons. The maximum absolute atomic E-state index is 5.90. The second kappa shape index (κ2) is 5.40. The molecule has 0 aliphatic rings. The van der Waals surface area contributed by atoms with E-state index in [2.05, 4.69) is 10.1 Å². The number of nitrogens with zero attached hydrogens (tertiary/aromatic N) is 3. The van der Waals surface area contributed by atoms with Crippen molar-refractivity contribution in [3.8, 4) is 11.5 Å². The van der Waals surface area contributed by atoms with Crippen LogP contribution in [0.25, 0.3) is 0 Å². The summed E-state index contributed by atoms with van der Waals surface area (Å²) in [6.45, 7) is 5.89. The first kappa shape index (κ1) is 13.5.